The van der Waals surface area contributed by atoms with Gasteiger partial charge in [-0.05, 0) is 147 Å². The highest BCUT2D eigenvalue weighted by Crippen LogP contribution is 2.70. The Balaban J connectivity index is 1.21. The summed E-state index contributed by atoms with van der Waals surface area (Å²) in [5.74, 6) is -0.589. The number of fused-ring (bicyclic) bond motifs is 7. The molecule has 11 heteroatoms. The summed E-state index contributed by atoms with van der Waals surface area (Å²) in [6, 6.07) is 6.55. The van der Waals surface area contributed by atoms with E-state index in [4.69, 9.17) is 26.2 Å². The number of nitrogens with one attached hydrogen (secondary N) is 2. The molecule has 0 aromatic heterocycles. The zero-order chi connectivity index (χ0) is 38.7. The molecule has 1 aromatic carbocycles. The van der Waals surface area contributed by atoms with Gasteiger partial charge in [-0.1, -0.05) is 46.2 Å². The van der Waals surface area contributed by atoms with Gasteiger partial charge in [-0.15, -0.1) is 0 Å². The lowest BCUT2D eigenvalue weighted by atomic mass is 9.38. The number of carbonyl (C=O) groups excluding carboxylic acids is 4. The van der Waals surface area contributed by atoms with Gasteiger partial charge in [0.25, 0.3) is 5.91 Å². The molecule has 5 aliphatic carbocycles. The van der Waals surface area contributed by atoms with Crippen LogP contribution in [0.5, 0.6) is 0 Å². The van der Waals surface area contributed by atoms with Crippen molar-refractivity contribution in [2.75, 3.05) is 13.2 Å². The first-order valence-electron chi connectivity index (χ1n) is 19.5. The molecular formula is C42H57ClN2O8. The Bertz CT molecular complexity index is 1690. The second-order valence-electron chi connectivity index (χ2n) is 18.1. The number of carbonyl (C=O) groups is 5. The van der Waals surface area contributed by atoms with E-state index < -0.39 is 29.6 Å². The van der Waals surface area contributed by atoms with E-state index in [1.807, 2.05) is 0 Å². The van der Waals surface area contributed by atoms with Crippen molar-refractivity contribution >= 4 is 41.1 Å². The van der Waals surface area contributed by atoms with Crippen LogP contribution in [0, 0.1) is 46.3 Å². The van der Waals surface area contributed by atoms with Crippen molar-refractivity contribution in [2.45, 2.75) is 123 Å². The fourth-order valence-corrected chi connectivity index (χ4v) is 12.1. The first kappa shape index (κ1) is 39.5. The first-order valence-corrected chi connectivity index (χ1v) is 19.9. The molecule has 4 saturated carbocycles. The molecule has 53 heavy (non-hydrogen) atoms. The number of aliphatic carboxylic acids is 1. The number of ketones is 1. The number of carboxylic acid groups (broad SMARTS) is 1. The minimum absolute atomic E-state index is 0.0276. The Kier molecular flexibility index (Phi) is 10.7. The number of allylic oxidation sites excluding steroid dienone is 1. The quantitative estimate of drug-likeness (QED) is 0.218. The summed E-state index contributed by atoms with van der Waals surface area (Å²) in [6.45, 7) is 13.8. The van der Waals surface area contributed by atoms with Gasteiger partial charge < -0.3 is 25.2 Å². The SMILES string of the molecule is CC(C)C1=C2C3CCC4C(C)(CCC5C(C)C(OC(=O)COCC(=O)O)CCC54C)C3CCC2(NC(=O)C(C)(C)NC(=O)c2ccc(Cl)cc2)CC1=O. The zero-order valence-corrected chi connectivity index (χ0v) is 33.1. The van der Waals surface area contributed by atoms with Crippen LogP contribution in [0.2, 0.25) is 5.02 Å². The molecule has 6 rings (SSSR count). The fourth-order valence-electron chi connectivity index (χ4n) is 12.0. The Hall–Kier alpha value is -3.24. The number of esters is 1. The van der Waals surface area contributed by atoms with Crippen LogP contribution in [0.25, 0.3) is 0 Å². The molecule has 5 aliphatic rings. The number of hydrogen-bond donors (Lipinski definition) is 3. The summed E-state index contributed by atoms with van der Waals surface area (Å²) in [5, 5.41) is 15.7. The van der Waals surface area contributed by atoms with Gasteiger partial charge in [-0.25, -0.2) is 9.59 Å². The number of ether oxygens (including phenoxy) is 2. The van der Waals surface area contributed by atoms with Crippen LogP contribution in [0.4, 0.5) is 0 Å². The standard InChI is InChI=1S/C42H57ClN2O8/c1-23(2)35-30(46)20-42(45-38(51)39(4,5)44-37(50)25-8-10-26(43)11-9-25)19-15-29-27(36(35)42)12-13-32-40(6)18-16-31(53-34(49)22-52-21-33(47)48)24(3)28(40)14-17-41(29,32)7/h8-11,23-24,27-29,31-32H,12-22H2,1-7H3,(H,44,50)(H,45,51)(H,47,48). The third-order valence-corrected chi connectivity index (χ3v) is 14.6. The predicted molar refractivity (Wildman–Crippen MR) is 200 cm³/mol. The highest BCUT2D eigenvalue weighted by molar-refractivity contribution is 6.30. The van der Waals surface area contributed by atoms with Crippen LogP contribution >= 0.6 is 11.6 Å². The molecule has 0 radical (unpaired) electrons. The third kappa shape index (κ3) is 7.07. The maximum absolute atomic E-state index is 14.2. The molecule has 0 saturated heterocycles. The van der Waals surface area contributed by atoms with E-state index in [1.54, 1.807) is 38.1 Å². The highest BCUT2D eigenvalue weighted by atomic mass is 35.5. The minimum atomic E-state index is -1.23. The van der Waals surface area contributed by atoms with Crippen molar-refractivity contribution in [2.24, 2.45) is 46.3 Å². The normalized spacial score (nSPS) is 35.1. The van der Waals surface area contributed by atoms with Crippen molar-refractivity contribution in [1.29, 1.82) is 0 Å². The smallest absolute Gasteiger partial charge is 0.332 e. The van der Waals surface area contributed by atoms with Crippen molar-refractivity contribution in [3.63, 3.8) is 0 Å². The number of benzene rings is 1. The molecule has 3 N–H and O–H groups in total. The second kappa shape index (κ2) is 14.4. The van der Waals surface area contributed by atoms with Crippen LogP contribution in [0.1, 0.15) is 117 Å². The summed E-state index contributed by atoms with van der Waals surface area (Å²) in [7, 11) is 0. The van der Waals surface area contributed by atoms with Crippen LogP contribution in [-0.2, 0) is 28.7 Å². The van der Waals surface area contributed by atoms with Gasteiger partial charge in [-0.2, -0.15) is 0 Å². The Morgan fingerprint density at radius 3 is 2.25 bits per heavy atom. The lowest BCUT2D eigenvalue weighted by Crippen LogP contribution is -2.65. The molecule has 9 atom stereocenters. The van der Waals surface area contributed by atoms with Crippen molar-refractivity contribution in [3.05, 3.63) is 46.0 Å². The molecular weight excluding hydrogens is 696 g/mol. The van der Waals surface area contributed by atoms with Crippen molar-refractivity contribution < 1.29 is 38.6 Å². The van der Waals surface area contributed by atoms with Crippen LogP contribution < -0.4 is 10.6 Å². The summed E-state index contributed by atoms with van der Waals surface area (Å²) in [5.41, 5.74) is 0.541. The fraction of sp³-hybridized carbons (Fsp3) is 0.690. The Labute approximate surface area is 318 Å². The van der Waals surface area contributed by atoms with Crippen LogP contribution in [0.15, 0.2) is 35.4 Å². The molecule has 10 nitrogen and oxygen atoms in total. The zero-order valence-electron chi connectivity index (χ0n) is 32.3. The number of rotatable bonds is 10. The van der Waals surface area contributed by atoms with E-state index >= 15 is 0 Å². The minimum Gasteiger partial charge on any atom is -0.480 e. The van der Waals surface area contributed by atoms with Gasteiger partial charge in [-0.3, -0.25) is 14.4 Å². The highest BCUT2D eigenvalue weighted by Gasteiger charge is 2.65. The average molecular weight is 753 g/mol. The van der Waals surface area contributed by atoms with Gasteiger partial charge in [0.1, 0.15) is 24.9 Å². The molecule has 0 bridgehead atoms. The first-order chi connectivity index (χ1) is 24.8. The van der Waals surface area contributed by atoms with E-state index in [1.165, 1.54) is 0 Å². The predicted octanol–water partition coefficient (Wildman–Crippen LogP) is 6.93. The van der Waals surface area contributed by atoms with Crippen molar-refractivity contribution in [3.8, 4) is 0 Å². The number of hydrogen-bond acceptors (Lipinski definition) is 7. The molecule has 1 aromatic rings. The number of halogens is 1. The number of Topliss-reactive ketones (excluding diaryl/α,β-unsaturated/α-hetero) is 1. The summed E-state index contributed by atoms with van der Waals surface area (Å²) in [6.07, 6.45) is 7.38. The monoisotopic (exact) mass is 752 g/mol. The topological polar surface area (TPSA) is 148 Å². The van der Waals surface area contributed by atoms with Gasteiger partial charge in [0.2, 0.25) is 5.91 Å². The average Bonchev–Trinajstić information content (AvgIpc) is 3.37. The van der Waals surface area contributed by atoms with E-state index in [9.17, 15) is 24.0 Å². The molecule has 2 amide bonds. The van der Waals surface area contributed by atoms with Crippen molar-refractivity contribution in [1.82, 2.24) is 10.6 Å². The van der Waals surface area contributed by atoms with Gasteiger partial charge in [0.15, 0.2) is 5.78 Å². The Morgan fingerprint density at radius 2 is 1.58 bits per heavy atom. The van der Waals surface area contributed by atoms with E-state index in [0.29, 0.717) is 34.8 Å². The Morgan fingerprint density at radius 1 is 0.943 bits per heavy atom. The third-order valence-electron chi connectivity index (χ3n) is 14.3. The van der Waals surface area contributed by atoms with Crippen LogP contribution in [-0.4, -0.2) is 65.0 Å². The number of amides is 2. The van der Waals surface area contributed by atoms with E-state index in [-0.39, 0.29) is 65.3 Å². The molecule has 9 unspecified atom stereocenters. The van der Waals surface area contributed by atoms with Gasteiger partial charge >= 0.3 is 11.9 Å². The van der Waals surface area contributed by atoms with E-state index in [0.717, 1.165) is 56.1 Å². The van der Waals surface area contributed by atoms with Gasteiger partial charge in [0.05, 0.1) is 5.54 Å². The lowest BCUT2D eigenvalue weighted by molar-refractivity contribution is -0.192. The molecule has 290 valence electrons. The van der Waals surface area contributed by atoms with Gasteiger partial charge in [0, 0.05) is 17.0 Å². The van der Waals surface area contributed by atoms with E-state index in [2.05, 4.69) is 45.3 Å². The summed E-state index contributed by atoms with van der Waals surface area (Å²) < 4.78 is 10.9. The maximum Gasteiger partial charge on any atom is 0.332 e. The van der Waals surface area contributed by atoms with Crippen LogP contribution in [0.3, 0.4) is 0 Å². The largest absolute Gasteiger partial charge is 0.480 e. The maximum atomic E-state index is 14.2. The second-order valence-corrected chi connectivity index (χ2v) is 18.5. The molecule has 0 heterocycles. The molecule has 0 spiro atoms. The molecule has 4 fully saturated rings. The number of carboxylic acids is 1. The molecule has 0 aliphatic heterocycles. The summed E-state index contributed by atoms with van der Waals surface area (Å²) >= 11 is 6.02. The summed E-state index contributed by atoms with van der Waals surface area (Å²) in [4.78, 5) is 64.7. The lowest BCUT2D eigenvalue weighted by Gasteiger charge is -2.67.